The molecule has 8 heteroatoms. The van der Waals surface area contributed by atoms with Gasteiger partial charge in [-0.25, -0.2) is 4.79 Å². The van der Waals surface area contributed by atoms with E-state index >= 15 is 0 Å². The molecule has 0 saturated carbocycles. The number of alkyl halides is 6. The third-order valence-electron chi connectivity index (χ3n) is 0.243. The van der Waals surface area contributed by atoms with Crippen molar-refractivity contribution in [2.45, 2.75) is 14.5 Å². The van der Waals surface area contributed by atoms with Gasteiger partial charge in [0.1, 0.15) is 0 Å². The van der Waals surface area contributed by atoms with E-state index in [0.29, 0.717) is 0 Å². The summed E-state index contributed by atoms with van der Waals surface area (Å²) in [7, 11) is 0. The monoisotopic (exact) mass is 294 g/mol. The van der Waals surface area contributed by atoms with Crippen LogP contribution < -0.4 is 0 Å². The Morgan fingerprint density at radius 3 is 1.17 bits per heavy atom. The number of halogens is 6. The second-order valence-electron chi connectivity index (χ2n) is 1.58. The molecule has 1 N–H and O–H groups in total. The Morgan fingerprint density at radius 2 is 1.17 bits per heavy atom. The first-order chi connectivity index (χ1) is 4.94. The van der Waals surface area contributed by atoms with E-state index in [4.69, 9.17) is 74.7 Å². The summed E-state index contributed by atoms with van der Waals surface area (Å²) in [5.74, 6) is -1.46. The summed E-state index contributed by atoms with van der Waals surface area (Å²) in [5, 5.41) is 7.85. The molecule has 0 aliphatic heterocycles. The molecule has 0 unspecified atom stereocenters. The van der Waals surface area contributed by atoms with Crippen LogP contribution in [-0.4, -0.2) is 18.7 Å². The lowest BCUT2D eigenvalue weighted by Crippen LogP contribution is -2.16. The van der Waals surface area contributed by atoms with Gasteiger partial charge in [-0.2, -0.15) is 0 Å². The van der Waals surface area contributed by atoms with Gasteiger partial charge in [0.25, 0.3) is 3.79 Å². The quantitative estimate of drug-likeness (QED) is 0.690. The maximum absolute atomic E-state index is 9.62. The predicted octanol–water partition coefficient (Wildman–Crippen LogP) is 3.82. The van der Waals surface area contributed by atoms with Crippen LogP contribution in [0.3, 0.4) is 0 Å². The summed E-state index contributed by atoms with van der Waals surface area (Å²) in [6, 6.07) is 0. The number of rotatable bonds is 0. The first kappa shape index (κ1) is 15.7. The van der Waals surface area contributed by atoms with E-state index in [0.717, 1.165) is 0 Å². The highest BCUT2D eigenvalue weighted by molar-refractivity contribution is 6.75. The summed E-state index contributed by atoms with van der Waals surface area (Å²) in [6.45, 7) is 1.48. The maximum Gasteiger partial charge on any atom is 0.356 e. The van der Waals surface area contributed by atoms with Crippen LogP contribution in [0, 0.1) is 0 Å². The van der Waals surface area contributed by atoms with Crippen LogP contribution in [0.25, 0.3) is 0 Å². The van der Waals surface area contributed by atoms with Gasteiger partial charge >= 0.3 is 5.97 Å². The third kappa shape index (κ3) is 22.5. The lowest BCUT2D eigenvalue weighted by Gasteiger charge is -1.99. The Bertz CT molecular complexity index is 139. The van der Waals surface area contributed by atoms with E-state index in [2.05, 4.69) is 0 Å². The Kier molecular flexibility index (Phi) is 7.63. The maximum atomic E-state index is 9.62. The zero-order valence-corrected chi connectivity index (χ0v) is 10.2. The summed E-state index contributed by atoms with van der Waals surface area (Å²) < 4.78 is -3.25. The molecule has 0 atom stereocenters. The SMILES string of the molecule is CC(Cl)(Cl)Cl.O=C(O)C(Cl)(Cl)Cl. The summed E-state index contributed by atoms with van der Waals surface area (Å²) in [5.41, 5.74) is 0. The van der Waals surface area contributed by atoms with Gasteiger partial charge in [0, 0.05) is 0 Å². The van der Waals surface area contributed by atoms with Crippen LogP contribution in [-0.2, 0) is 4.79 Å². The minimum absolute atomic E-state index is 1.08. The van der Waals surface area contributed by atoms with Gasteiger partial charge in [-0.05, 0) is 6.92 Å². The Balaban J connectivity index is 0. The summed E-state index contributed by atoms with van der Waals surface area (Å²) in [6.07, 6.45) is 0. The molecular weight excluding hydrogens is 293 g/mol. The average Bonchev–Trinajstić information content (AvgIpc) is 1.55. The first-order valence-electron chi connectivity index (χ1n) is 2.31. The Hall–Kier alpha value is 1.21. The van der Waals surface area contributed by atoms with Gasteiger partial charge in [-0.1, -0.05) is 69.6 Å². The number of hydrogen-bond donors (Lipinski definition) is 1. The fraction of sp³-hybridized carbons (Fsp3) is 0.750. The fourth-order valence-electron chi connectivity index (χ4n) is 0. The number of carboxylic acid groups (broad SMARTS) is 1. The van der Waals surface area contributed by atoms with Crippen molar-refractivity contribution < 1.29 is 9.90 Å². The zero-order chi connectivity index (χ0) is 10.6. The minimum atomic E-state index is -2.17. The van der Waals surface area contributed by atoms with E-state index in [1.165, 1.54) is 6.92 Å². The van der Waals surface area contributed by atoms with Crippen molar-refractivity contribution in [1.82, 2.24) is 0 Å². The molecule has 0 fully saturated rings. The molecule has 0 spiro atoms. The molecule has 12 heavy (non-hydrogen) atoms. The molecule has 0 aromatic rings. The van der Waals surface area contributed by atoms with Crippen LogP contribution in [0.1, 0.15) is 6.92 Å². The first-order valence-corrected chi connectivity index (χ1v) is 4.58. The topological polar surface area (TPSA) is 37.3 Å². The highest BCUT2D eigenvalue weighted by Gasteiger charge is 2.29. The molecule has 0 aromatic carbocycles. The van der Waals surface area contributed by atoms with Gasteiger partial charge in [0.2, 0.25) is 0 Å². The molecule has 0 heterocycles. The highest BCUT2D eigenvalue weighted by Crippen LogP contribution is 2.25. The molecule has 2 nitrogen and oxygen atoms in total. The van der Waals surface area contributed by atoms with Crippen molar-refractivity contribution in [3.05, 3.63) is 0 Å². The molecule has 0 bridgehead atoms. The smallest absolute Gasteiger partial charge is 0.356 e. The summed E-state index contributed by atoms with van der Waals surface area (Å²) in [4.78, 5) is 9.62. The molecule has 0 aliphatic rings. The second-order valence-corrected chi connectivity index (χ2v) is 6.71. The standard InChI is InChI=1S/C2HCl3O2.C2H3Cl3/c3-2(4,5)1(6)7;1-2(3,4)5/h(H,6,7);1H3. The molecule has 74 valence electrons. The van der Waals surface area contributed by atoms with Crippen molar-refractivity contribution in [2.75, 3.05) is 0 Å². The molecular formula is C4H4Cl6O2. The van der Waals surface area contributed by atoms with E-state index in [1.807, 2.05) is 0 Å². The van der Waals surface area contributed by atoms with Crippen LogP contribution in [0.15, 0.2) is 0 Å². The molecule has 0 aromatic heterocycles. The van der Waals surface area contributed by atoms with E-state index in [1.54, 1.807) is 0 Å². The van der Waals surface area contributed by atoms with Crippen molar-refractivity contribution >= 4 is 75.6 Å². The van der Waals surface area contributed by atoms with Gasteiger partial charge in [0.05, 0.1) is 0 Å². The van der Waals surface area contributed by atoms with Crippen molar-refractivity contribution in [1.29, 1.82) is 0 Å². The average molecular weight is 297 g/mol. The number of carbonyl (C=O) groups is 1. The normalized spacial score (nSPS) is 11.6. The van der Waals surface area contributed by atoms with E-state index in [-0.39, 0.29) is 0 Å². The largest absolute Gasteiger partial charge is 0.478 e. The molecule has 0 aliphatic carbocycles. The second kappa shape index (κ2) is 5.84. The molecule has 0 amide bonds. The van der Waals surface area contributed by atoms with Crippen molar-refractivity contribution in [2.24, 2.45) is 0 Å². The van der Waals surface area contributed by atoms with Gasteiger partial charge in [-0.3, -0.25) is 0 Å². The Labute approximate surface area is 99.6 Å². The Morgan fingerprint density at radius 1 is 1.08 bits per heavy atom. The van der Waals surface area contributed by atoms with Crippen molar-refractivity contribution in [3.63, 3.8) is 0 Å². The van der Waals surface area contributed by atoms with Gasteiger partial charge < -0.3 is 5.11 Å². The zero-order valence-electron chi connectivity index (χ0n) is 5.62. The van der Waals surface area contributed by atoms with Crippen LogP contribution >= 0.6 is 69.6 Å². The van der Waals surface area contributed by atoms with Crippen molar-refractivity contribution in [3.8, 4) is 0 Å². The highest BCUT2D eigenvalue weighted by atomic mass is 35.6. The fourth-order valence-corrected chi connectivity index (χ4v) is 0. The third-order valence-corrected chi connectivity index (χ3v) is 0.728. The molecule has 0 saturated heterocycles. The van der Waals surface area contributed by atoms with Gasteiger partial charge in [0.15, 0.2) is 3.79 Å². The van der Waals surface area contributed by atoms with E-state index in [9.17, 15) is 4.79 Å². The van der Waals surface area contributed by atoms with Crippen LogP contribution in [0.5, 0.6) is 0 Å². The van der Waals surface area contributed by atoms with Crippen LogP contribution in [0.4, 0.5) is 0 Å². The predicted molar refractivity (Wildman–Crippen MR) is 53.9 cm³/mol. The van der Waals surface area contributed by atoms with E-state index < -0.39 is 13.6 Å². The summed E-state index contributed by atoms with van der Waals surface area (Å²) >= 11 is 29.6. The minimum Gasteiger partial charge on any atom is -0.478 e. The lowest BCUT2D eigenvalue weighted by molar-refractivity contribution is -0.135. The number of carboxylic acids is 1. The molecule has 0 rings (SSSR count). The number of aliphatic carboxylic acids is 1. The van der Waals surface area contributed by atoms with Gasteiger partial charge in [-0.15, -0.1) is 0 Å². The van der Waals surface area contributed by atoms with Crippen LogP contribution in [0.2, 0.25) is 0 Å². The number of hydrogen-bond acceptors (Lipinski definition) is 1. The molecule has 0 radical (unpaired) electrons. The lowest BCUT2D eigenvalue weighted by atomic mass is 10.8.